The maximum absolute atomic E-state index is 11.6. The Morgan fingerprint density at radius 3 is 2.50 bits per heavy atom. The summed E-state index contributed by atoms with van der Waals surface area (Å²) < 4.78 is 13.3. The molecule has 4 nitrogen and oxygen atoms in total. The highest BCUT2D eigenvalue weighted by atomic mass is 32.1. The van der Waals surface area contributed by atoms with Crippen molar-refractivity contribution in [3.8, 4) is 0 Å². The van der Waals surface area contributed by atoms with E-state index < -0.39 is 0 Å². The summed E-state index contributed by atoms with van der Waals surface area (Å²) in [6.07, 6.45) is 0. The van der Waals surface area contributed by atoms with E-state index in [9.17, 15) is 4.79 Å². The Kier molecular flexibility index (Phi) is 3.31. The Balaban J connectivity index is 1.93. The van der Waals surface area contributed by atoms with Crippen molar-refractivity contribution in [1.82, 2.24) is 8.75 Å². The number of carbonyl (C=O) groups excluding carboxylic acids is 1. The third-order valence-corrected chi connectivity index (χ3v) is 3.56. The first kappa shape index (κ1) is 11.2. The fourth-order valence-corrected chi connectivity index (χ4v) is 2.45. The average molecular weight is 254 g/mol. The summed E-state index contributed by atoms with van der Waals surface area (Å²) in [7, 11) is 0. The number of carbonyl (C=O) groups is 1. The van der Waals surface area contributed by atoms with Gasteiger partial charge < -0.3 is 4.74 Å². The van der Waals surface area contributed by atoms with Crippen LogP contribution in [0.15, 0.2) is 12.1 Å². The summed E-state index contributed by atoms with van der Waals surface area (Å²) in [6.45, 7) is 4.04. The second kappa shape index (κ2) is 4.71. The van der Waals surface area contributed by atoms with Crippen LogP contribution in [0.25, 0.3) is 0 Å². The van der Waals surface area contributed by atoms with Crippen LogP contribution < -0.4 is 0 Å². The maximum atomic E-state index is 11.6. The fourth-order valence-electron chi connectivity index (χ4n) is 1.15. The van der Waals surface area contributed by atoms with Gasteiger partial charge in [0.05, 0.1) is 16.3 Å². The Labute approximate surface area is 101 Å². The molecule has 0 unspecified atom stereocenters. The highest BCUT2D eigenvalue weighted by Gasteiger charge is 2.11. The van der Waals surface area contributed by atoms with Gasteiger partial charge in [-0.15, -0.1) is 0 Å². The highest BCUT2D eigenvalue weighted by Crippen LogP contribution is 2.14. The molecule has 6 heteroatoms. The quantitative estimate of drug-likeness (QED) is 0.790. The SMILES string of the molecule is Cc1cc(COC(=O)c2cc(C)ns2)sn1. The Morgan fingerprint density at radius 2 is 1.94 bits per heavy atom. The van der Waals surface area contributed by atoms with Crippen molar-refractivity contribution in [2.45, 2.75) is 20.5 Å². The van der Waals surface area contributed by atoms with E-state index in [4.69, 9.17) is 4.74 Å². The molecule has 0 aliphatic rings. The average Bonchev–Trinajstić information content (AvgIpc) is 2.84. The van der Waals surface area contributed by atoms with E-state index in [0.29, 0.717) is 4.88 Å². The zero-order valence-corrected chi connectivity index (χ0v) is 10.5. The molecule has 0 aromatic carbocycles. The van der Waals surface area contributed by atoms with Gasteiger partial charge >= 0.3 is 5.97 Å². The Bertz CT molecular complexity index is 504. The van der Waals surface area contributed by atoms with E-state index in [1.165, 1.54) is 11.5 Å². The molecule has 0 aliphatic heterocycles. The van der Waals surface area contributed by atoms with Crippen molar-refractivity contribution in [1.29, 1.82) is 0 Å². The summed E-state index contributed by atoms with van der Waals surface area (Å²) in [5, 5.41) is 0. The summed E-state index contributed by atoms with van der Waals surface area (Å²) in [6, 6.07) is 3.64. The number of aromatic nitrogens is 2. The molecule has 0 atom stereocenters. The van der Waals surface area contributed by atoms with Gasteiger partial charge in [0.2, 0.25) is 0 Å². The van der Waals surface area contributed by atoms with Crippen molar-refractivity contribution < 1.29 is 9.53 Å². The number of esters is 1. The van der Waals surface area contributed by atoms with Crippen molar-refractivity contribution in [2.24, 2.45) is 0 Å². The van der Waals surface area contributed by atoms with Crippen molar-refractivity contribution in [3.63, 3.8) is 0 Å². The van der Waals surface area contributed by atoms with Crippen LogP contribution in [0.1, 0.15) is 25.9 Å². The standard InChI is InChI=1S/C10H10N2O2S2/c1-6-3-8(15-11-6)5-14-10(13)9-4-7(2)12-16-9/h3-4H,5H2,1-2H3. The molecular formula is C10H10N2O2S2. The highest BCUT2D eigenvalue weighted by molar-refractivity contribution is 7.08. The van der Waals surface area contributed by atoms with Gasteiger partial charge in [-0.3, -0.25) is 0 Å². The van der Waals surface area contributed by atoms with Crippen molar-refractivity contribution >= 4 is 29.0 Å². The molecule has 2 aromatic rings. The van der Waals surface area contributed by atoms with Gasteiger partial charge in [-0.2, -0.15) is 8.75 Å². The van der Waals surface area contributed by atoms with E-state index in [1.807, 2.05) is 19.9 Å². The van der Waals surface area contributed by atoms with Crippen LogP contribution >= 0.6 is 23.1 Å². The first-order chi connectivity index (χ1) is 7.65. The molecule has 2 rings (SSSR count). The zero-order chi connectivity index (χ0) is 11.5. The number of aryl methyl sites for hydroxylation is 2. The largest absolute Gasteiger partial charge is 0.456 e. The molecular weight excluding hydrogens is 244 g/mol. The van der Waals surface area contributed by atoms with Crippen molar-refractivity contribution in [3.05, 3.63) is 33.3 Å². The van der Waals surface area contributed by atoms with E-state index in [1.54, 1.807) is 6.07 Å². The minimum atomic E-state index is -0.323. The molecule has 0 radical (unpaired) electrons. The maximum Gasteiger partial charge on any atom is 0.350 e. The number of nitrogens with zero attached hydrogens (tertiary/aromatic N) is 2. The van der Waals surface area contributed by atoms with Crippen LogP contribution in [0.2, 0.25) is 0 Å². The summed E-state index contributed by atoms with van der Waals surface area (Å²) >= 11 is 2.51. The molecule has 0 fully saturated rings. The lowest BCUT2D eigenvalue weighted by atomic mass is 10.4. The molecule has 0 saturated carbocycles. The number of ether oxygens (including phenoxy) is 1. The fraction of sp³-hybridized carbons (Fsp3) is 0.300. The van der Waals surface area contributed by atoms with E-state index in [0.717, 1.165) is 27.8 Å². The zero-order valence-electron chi connectivity index (χ0n) is 8.89. The summed E-state index contributed by atoms with van der Waals surface area (Å²) in [5.74, 6) is -0.323. The van der Waals surface area contributed by atoms with Gasteiger partial charge in [0.1, 0.15) is 11.5 Å². The van der Waals surface area contributed by atoms with E-state index in [-0.39, 0.29) is 12.6 Å². The number of hydrogen-bond donors (Lipinski definition) is 0. The first-order valence-electron chi connectivity index (χ1n) is 4.68. The van der Waals surface area contributed by atoms with Gasteiger partial charge in [0.25, 0.3) is 0 Å². The second-order valence-electron chi connectivity index (χ2n) is 3.34. The van der Waals surface area contributed by atoms with Gasteiger partial charge in [-0.1, -0.05) is 0 Å². The molecule has 0 N–H and O–H groups in total. The number of rotatable bonds is 3. The predicted molar refractivity (Wildman–Crippen MR) is 62.8 cm³/mol. The van der Waals surface area contributed by atoms with Gasteiger partial charge in [-0.25, -0.2) is 4.79 Å². The lowest BCUT2D eigenvalue weighted by Gasteiger charge is -1.98. The van der Waals surface area contributed by atoms with Gasteiger partial charge in [0.15, 0.2) is 0 Å². The lowest BCUT2D eigenvalue weighted by molar-refractivity contribution is 0.0482. The summed E-state index contributed by atoms with van der Waals surface area (Å²) in [4.78, 5) is 13.1. The third kappa shape index (κ3) is 2.65. The topological polar surface area (TPSA) is 52.1 Å². The lowest BCUT2D eigenvalue weighted by Crippen LogP contribution is -2.02. The summed E-state index contributed by atoms with van der Waals surface area (Å²) in [5.41, 5.74) is 1.79. The van der Waals surface area contributed by atoms with Gasteiger partial charge in [-0.05, 0) is 49.0 Å². The van der Waals surface area contributed by atoms with E-state index >= 15 is 0 Å². The number of hydrogen-bond acceptors (Lipinski definition) is 6. The van der Waals surface area contributed by atoms with Crippen LogP contribution in [0.3, 0.4) is 0 Å². The Morgan fingerprint density at radius 1 is 1.25 bits per heavy atom. The third-order valence-electron chi connectivity index (χ3n) is 1.85. The molecule has 0 saturated heterocycles. The molecule has 84 valence electrons. The van der Waals surface area contributed by atoms with Crippen LogP contribution in [0.4, 0.5) is 0 Å². The Hall–Kier alpha value is -1.27. The predicted octanol–water partition coefficient (Wildman–Crippen LogP) is 2.57. The van der Waals surface area contributed by atoms with E-state index in [2.05, 4.69) is 8.75 Å². The van der Waals surface area contributed by atoms with Crippen LogP contribution in [-0.4, -0.2) is 14.7 Å². The monoisotopic (exact) mass is 254 g/mol. The normalized spacial score (nSPS) is 10.4. The minimum Gasteiger partial charge on any atom is -0.456 e. The molecule has 2 aromatic heterocycles. The van der Waals surface area contributed by atoms with Gasteiger partial charge in [0, 0.05) is 0 Å². The molecule has 0 bridgehead atoms. The molecule has 2 heterocycles. The minimum absolute atomic E-state index is 0.279. The molecule has 0 spiro atoms. The molecule has 16 heavy (non-hydrogen) atoms. The van der Waals surface area contributed by atoms with Crippen molar-refractivity contribution in [2.75, 3.05) is 0 Å². The van der Waals surface area contributed by atoms with Crippen LogP contribution in [-0.2, 0) is 11.3 Å². The molecule has 0 aliphatic carbocycles. The van der Waals surface area contributed by atoms with Crippen LogP contribution in [0, 0.1) is 13.8 Å². The second-order valence-corrected chi connectivity index (χ2v) is 5.04. The smallest absolute Gasteiger partial charge is 0.350 e. The molecule has 0 amide bonds. The van der Waals surface area contributed by atoms with Crippen LogP contribution in [0.5, 0.6) is 0 Å². The first-order valence-corrected chi connectivity index (χ1v) is 6.22.